The van der Waals surface area contributed by atoms with E-state index in [4.69, 9.17) is 4.74 Å². The van der Waals surface area contributed by atoms with E-state index in [1.165, 1.54) is 0 Å². The minimum absolute atomic E-state index is 0. The van der Waals surface area contributed by atoms with Gasteiger partial charge in [-0.05, 0) is 43.6 Å². The van der Waals surface area contributed by atoms with Crippen molar-refractivity contribution in [1.82, 2.24) is 4.90 Å². The summed E-state index contributed by atoms with van der Waals surface area (Å²) >= 11 is 0. The molecule has 1 aliphatic rings. The van der Waals surface area contributed by atoms with Gasteiger partial charge in [0.25, 0.3) is 0 Å². The highest BCUT2D eigenvalue weighted by Crippen LogP contribution is 2.32. The predicted octanol–water partition coefficient (Wildman–Crippen LogP) is 1.70. The summed E-state index contributed by atoms with van der Waals surface area (Å²) in [4.78, 5) is 2.04. The maximum Gasteiger partial charge on any atom is 0.102 e. The van der Waals surface area contributed by atoms with E-state index in [0.29, 0.717) is 13.2 Å². The number of aryl methyl sites for hydroxylation is 1. The summed E-state index contributed by atoms with van der Waals surface area (Å²) in [6, 6.07) is 5.80. The lowest BCUT2D eigenvalue weighted by Gasteiger charge is -2.15. The second-order valence-corrected chi connectivity index (χ2v) is 5.41. The highest BCUT2D eigenvalue weighted by Gasteiger charge is 2.21. The number of likely N-dealkylation sites (N-methyl/N-ethyl adjacent to an activating group) is 1. The first-order valence-electron chi connectivity index (χ1n) is 6.79. The van der Waals surface area contributed by atoms with Crippen LogP contribution >= 0.6 is 12.4 Å². The van der Waals surface area contributed by atoms with Crippen molar-refractivity contribution < 1.29 is 14.9 Å². The quantitative estimate of drug-likeness (QED) is 0.785. The number of aliphatic hydroxyl groups is 2. The van der Waals surface area contributed by atoms with E-state index in [9.17, 15) is 10.2 Å². The zero-order valence-electron chi connectivity index (χ0n) is 12.1. The standard InChI is InChI=1S/C15H23NO3.ClH/c1-16(2)7-8-19-10-15(18)12-3-5-13-11(9-12)4-6-14(13)17;/h3,5,9,14-15,17-18H,4,6-8,10H2,1-2H3;1H. The van der Waals surface area contributed by atoms with Gasteiger partial charge in [-0.2, -0.15) is 0 Å². The number of fused-ring (bicyclic) bond motifs is 1. The largest absolute Gasteiger partial charge is 0.388 e. The lowest BCUT2D eigenvalue weighted by atomic mass is 10.0. The Bertz CT molecular complexity index is 426. The summed E-state index contributed by atoms with van der Waals surface area (Å²) in [6.07, 6.45) is 0.745. The molecule has 4 nitrogen and oxygen atoms in total. The Labute approximate surface area is 126 Å². The third-order valence-electron chi connectivity index (χ3n) is 3.56. The molecule has 1 aromatic carbocycles. The Morgan fingerprint density at radius 1 is 1.40 bits per heavy atom. The number of hydrogen-bond donors (Lipinski definition) is 2. The van der Waals surface area contributed by atoms with Gasteiger partial charge in [-0.1, -0.05) is 18.2 Å². The third-order valence-corrected chi connectivity index (χ3v) is 3.56. The van der Waals surface area contributed by atoms with Gasteiger partial charge in [0.05, 0.1) is 19.3 Å². The molecule has 1 aromatic rings. The molecule has 2 unspecified atom stereocenters. The number of benzene rings is 1. The molecule has 0 saturated carbocycles. The van der Waals surface area contributed by atoms with Crippen molar-refractivity contribution in [3.8, 4) is 0 Å². The molecule has 0 heterocycles. The average Bonchev–Trinajstić information content (AvgIpc) is 2.75. The van der Waals surface area contributed by atoms with Crippen LogP contribution in [0.15, 0.2) is 18.2 Å². The lowest BCUT2D eigenvalue weighted by Crippen LogP contribution is -2.19. The molecular formula is C15H24ClNO3. The lowest BCUT2D eigenvalue weighted by molar-refractivity contribution is 0.0306. The van der Waals surface area contributed by atoms with Gasteiger partial charge < -0.3 is 19.8 Å². The van der Waals surface area contributed by atoms with Gasteiger partial charge in [0.15, 0.2) is 0 Å². The van der Waals surface area contributed by atoms with Crippen molar-refractivity contribution in [3.63, 3.8) is 0 Å². The second-order valence-electron chi connectivity index (χ2n) is 5.41. The molecule has 1 aliphatic carbocycles. The molecule has 0 amide bonds. The first-order chi connectivity index (χ1) is 9.08. The first-order valence-corrected chi connectivity index (χ1v) is 6.79. The Kier molecular flexibility index (Phi) is 6.92. The van der Waals surface area contributed by atoms with Gasteiger partial charge in [-0.3, -0.25) is 0 Å². The maximum atomic E-state index is 10.1. The van der Waals surface area contributed by atoms with Crippen LogP contribution in [0.3, 0.4) is 0 Å². The zero-order chi connectivity index (χ0) is 13.8. The summed E-state index contributed by atoms with van der Waals surface area (Å²) in [7, 11) is 3.98. The van der Waals surface area contributed by atoms with Gasteiger partial charge in [0.2, 0.25) is 0 Å². The number of hydrogen-bond acceptors (Lipinski definition) is 4. The van der Waals surface area contributed by atoms with Crippen molar-refractivity contribution in [2.24, 2.45) is 0 Å². The third kappa shape index (κ3) is 4.43. The summed E-state index contributed by atoms with van der Waals surface area (Å²) in [6.45, 7) is 1.78. The van der Waals surface area contributed by atoms with Crippen molar-refractivity contribution in [2.45, 2.75) is 25.0 Å². The molecule has 0 saturated heterocycles. The number of aliphatic hydroxyl groups excluding tert-OH is 2. The maximum absolute atomic E-state index is 10.1. The fraction of sp³-hybridized carbons (Fsp3) is 0.600. The van der Waals surface area contributed by atoms with E-state index in [2.05, 4.69) is 0 Å². The normalized spacial score (nSPS) is 18.8. The minimum Gasteiger partial charge on any atom is -0.388 e. The van der Waals surface area contributed by atoms with Crippen LogP contribution in [0.25, 0.3) is 0 Å². The molecule has 2 N–H and O–H groups in total. The van der Waals surface area contributed by atoms with E-state index in [1.54, 1.807) is 0 Å². The number of ether oxygens (including phenoxy) is 1. The number of nitrogens with zero attached hydrogens (tertiary/aromatic N) is 1. The highest BCUT2D eigenvalue weighted by atomic mass is 35.5. The Morgan fingerprint density at radius 3 is 2.85 bits per heavy atom. The van der Waals surface area contributed by atoms with Crippen LogP contribution < -0.4 is 0 Å². The number of rotatable bonds is 6. The molecule has 5 heteroatoms. The topological polar surface area (TPSA) is 52.9 Å². The van der Waals surface area contributed by atoms with E-state index in [-0.39, 0.29) is 18.5 Å². The molecule has 0 aromatic heterocycles. The molecular weight excluding hydrogens is 278 g/mol. The Hall–Kier alpha value is -0.650. The van der Waals surface area contributed by atoms with Crippen LogP contribution in [0.2, 0.25) is 0 Å². The molecule has 2 rings (SSSR count). The monoisotopic (exact) mass is 301 g/mol. The molecule has 2 atom stereocenters. The van der Waals surface area contributed by atoms with Crippen molar-refractivity contribution in [3.05, 3.63) is 34.9 Å². The molecule has 0 bridgehead atoms. The highest BCUT2D eigenvalue weighted by molar-refractivity contribution is 5.85. The van der Waals surface area contributed by atoms with Gasteiger partial charge in [0, 0.05) is 6.54 Å². The van der Waals surface area contributed by atoms with Gasteiger partial charge >= 0.3 is 0 Å². The molecule has 0 spiro atoms. The molecule has 20 heavy (non-hydrogen) atoms. The van der Waals surface area contributed by atoms with Crippen LogP contribution in [-0.2, 0) is 11.2 Å². The fourth-order valence-electron chi connectivity index (χ4n) is 2.36. The summed E-state index contributed by atoms with van der Waals surface area (Å²) in [5, 5.41) is 19.8. The summed E-state index contributed by atoms with van der Waals surface area (Å²) in [5.41, 5.74) is 3.03. The predicted molar refractivity (Wildman–Crippen MR) is 81.3 cm³/mol. The van der Waals surface area contributed by atoms with Crippen LogP contribution in [0.1, 0.15) is 35.3 Å². The Balaban J connectivity index is 0.00000200. The fourth-order valence-corrected chi connectivity index (χ4v) is 2.36. The smallest absolute Gasteiger partial charge is 0.102 e. The molecule has 114 valence electrons. The van der Waals surface area contributed by atoms with E-state index >= 15 is 0 Å². The summed E-state index contributed by atoms with van der Waals surface area (Å²) in [5.74, 6) is 0. The van der Waals surface area contributed by atoms with Crippen LogP contribution in [0.5, 0.6) is 0 Å². The molecule has 0 fully saturated rings. The first kappa shape index (κ1) is 17.4. The van der Waals surface area contributed by atoms with Gasteiger partial charge in [0.1, 0.15) is 6.10 Å². The average molecular weight is 302 g/mol. The van der Waals surface area contributed by atoms with Crippen LogP contribution in [-0.4, -0.2) is 49.0 Å². The SMILES string of the molecule is CN(C)CCOCC(O)c1ccc2c(c1)CCC2O.Cl. The zero-order valence-corrected chi connectivity index (χ0v) is 12.9. The molecule has 0 aliphatic heterocycles. The Morgan fingerprint density at radius 2 is 2.15 bits per heavy atom. The van der Waals surface area contributed by atoms with Crippen LogP contribution in [0, 0.1) is 0 Å². The van der Waals surface area contributed by atoms with E-state index < -0.39 is 6.10 Å². The van der Waals surface area contributed by atoms with E-state index in [1.807, 2.05) is 37.2 Å². The van der Waals surface area contributed by atoms with Gasteiger partial charge in [-0.15, -0.1) is 12.4 Å². The van der Waals surface area contributed by atoms with Crippen molar-refractivity contribution >= 4 is 12.4 Å². The number of halogens is 1. The summed E-state index contributed by atoms with van der Waals surface area (Å²) < 4.78 is 5.46. The van der Waals surface area contributed by atoms with Crippen LogP contribution in [0.4, 0.5) is 0 Å². The van der Waals surface area contributed by atoms with Gasteiger partial charge in [-0.25, -0.2) is 0 Å². The van der Waals surface area contributed by atoms with Crippen molar-refractivity contribution in [1.29, 1.82) is 0 Å². The molecule has 0 radical (unpaired) electrons. The minimum atomic E-state index is -0.592. The second kappa shape index (κ2) is 7.96. The van der Waals surface area contributed by atoms with Crippen molar-refractivity contribution in [2.75, 3.05) is 33.9 Å². The van der Waals surface area contributed by atoms with E-state index in [0.717, 1.165) is 36.1 Å².